The first-order chi connectivity index (χ1) is 40.5. The second kappa shape index (κ2) is 71.8. The first-order valence-electron chi connectivity index (χ1n) is 37.6. The third-order valence-electron chi connectivity index (χ3n) is 17.8. The number of hydrogen-bond donors (Lipinski definition) is 3. The molecule has 0 aliphatic carbocycles. The van der Waals surface area contributed by atoms with Crippen LogP contribution < -0.4 is 5.32 Å². The van der Waals surface area contributed by atoms with Crippen LogP contribution in [0.2, 0.25) is 0 Å². The first-order valence-corrected chi connectivity index (χ1v) is 37.6. The van der Waals surface area contributed by atoms with Crippen molar-refractivity contribution in [1.82, 2.24) is 5.32 Å². The van der Waals surface area contributed by atoms with Crippen molar-refractivity contribution in [3.8, 4) is 0 Å². The minimum Gasteiger partial charge on any atom is -0.466 e. The zero-order valence-corrected chi connectivity index (χ0v) is 55.8. The Morgan fingerprint density at radius 2 is 0.610 bits per heavy atom. The van der Waals surface area contributed by atoms with Gasteiger partial charge in [0.15, 0.2) is 0 Å². The average molecular weight is 1160 g/mol. The molecule has 0 saturated carbocycles. The SMILES string of the molecule is CCCCCCCCCCCCCCCCCC(O)C(CO)NC(=O)CCCCCCCCCCCCCCCCCCC/C=C\C/C=C\CCCCCCCCCCCCCCCCCOC(=O)CCCCCCCCCCCCC. The fourth-order valence-corrected chi connectivity index (χ4v) is 12.0. The number of ether oxygens (including phenoxy) is 1. The van der Waals surface area contributed by atoms with Crippen LogP contribution in [0.1, 0.15) is 425 Å². The Hall–Kier alpha value is -1.66. The first kappa shape index (κ1) is 80.3. The van der Waals surface area contributed by atoms with Crippen LogP contribution in [-0.2, 0) is 14.3 Å². The molecule has 2 unspecified atom stereocenters. The highest BCUT2D eigenvalue weighted by atomic mass is 16.5. The van der Waals surface area contributed by atoms with Crippen molar-refractivity contribution in [2.45, 2.75) is 437 Å². The Morgan fingerprint density at radius 1 is 0.341 bits per heavy atom. The zero-order valence-electron chi connectivity index (χ0n) is 55.8. The molecule has 0 aromatic carbocycles. The van der Waals surface area contributed by atoms with Crippen molar-refractivity contribution < 1.29 is 24.5 Å². The molecule has 0 aliphatic heterocycles. The molecule has 0 radical (unpaired) electrons. The van der Waals surface area contributed by atoms with Gasteiger partial charge in [-0.05, 0) is 57.8 Å². The number of esters is 1. The van der Waals surface area contributed by atoms with Crippen molar-refractivity contribution in [2.24, 2.45) is 0 Å². The molecule has 0 spiro atoms. The average Bonchev–Trinajstić information content (AvgIpc) is 3.48. The van der Waals surface area contributed by atoms with Gasteiger partial charge in [0.2, 0.25) is 5.91 Å². The van der Waals surface area contributed by atoms with Crippen LogP contribution in [0, 0.1) is 0 Å². The second-order valence-corrected chi connectivity index (χ2v) is 26.0. The lowest BCUT2D eigenvalue weighted by Gasteiger charge is -2.22. The monoisotopic (exact) mass is 1150 g/mol. The van der Waals surface area contributed by atoms with Crippen LogP contribution in [0.25, 0.3) is 0 Å². The van der Waals surface area contributed by atoms with Crippen LogP contribution in [0.15, 0.2) is 24.3 Å². The van der Waals surface area contributed by atoms with E-state index in [2.05, 4.69) is 43.5 Å². The van der Waals surface area contributed by atoms with Crippen molar-refractivity contribution in [1.29, 1.82) is 0 Å². The molecule has 6 nitrogen and oxygen atoms in total. The largest absolute Gasteiger partial charge is 0.466 e. The lowest BCUT2D eigenvalue weighted by atomic mass is 10.0. The summed E-state index contributed by atoms with van der Waals surface area (Å²) in [6.07, 6.45) is 91.2. The Morgan fingerprint density at radius 3 is 0.927 bits per heavy atom. The van der Waals surface area contributed by atoms with E-state index in [1.54, 1.807) is 0 Å². The van der Waals surface area contributed by atoms with Crippen molar-refractivity contribution >= 4 is 11.9 Å². The van der Waals surface area contributed by atoms with Crippen molar-refractivity contribution in [3.63, 3.8) is 0 Å². The molecule has 0 aromatic rings. The van der Waals surface area contributed by atoms with Gasteiger partial charge in [0.25, 0.3) is 0 Å². The maximum atomic E-state index is 12.5. The van der Waals surface area contributed by atoms with E-state index < -0.39 is 12.1 Å². The molecule has 0 rings (SSSR count). The summed E-state index contributed by atoms with van der Waals surface area (Å²) >= 11 is 0. The van der Waals surface area contributed by atoms with Gasteiger partial charge in [-0.2, -0.15) is 0 Å². The van der Waals surface area contributed by atoms with Gasteiger partial charge in [-0.3, -0.25) is 9.59 Å². The van der Waals surface area contributed by atoms with E-state index in [1.807, 2.05) is 0 Å². The molecule has 2 atom stereocenters. The summed E-state index contributed by atoms with van der Waals surface area (Å²) in [5.74, 6) is -0.00795. The molecule has 0 aromatic heterocycles. The van der Waals surface area contributed by atoms with Crippen LogP contribution in [0.4, 0.5) is 0 Å². The Bertz CT molecular complexity index is 1280. The number of aliphatic hydroxyl groups is 2. The predicted octanol–water partition coefficient (Wildman–Crippen LogP) is 24.5. The normalized spacial score (nSPS) is 12.6. The molecular formula is C76H147NO5. The lowest BCUT2D eigenvalue weighted by Crippen LogP contribution is -2.45. The summed E-state index contributed by atoms with van der Waals surface area (Å²) in [6, 6.07) is -0.538. The van der Waals surface area contributed by atoms with Crippen LogP contribution in [-0.4, -0.2) is 47.4 Å². The van der Waals surface area contributed by atoms with Crippen LogP contribution in [0.3, 0.4) is 0 Å². The van der Waals surface area contributed by atoms with Gasteiger partial charge in [0.05, 0.1) is 25.4 Å². The second-order valence-electron chi connectivity index (χ2n) is 26.0. The molecular weight excluding hydrogens is 1010 g/mol. The van der Waals surface area contributed by atoms with E-state index in [-0.39, 0.29) is 18.5 Å². The van der Waals surface area contributed by atoms with Gasteiger partial charge in [0.1, 0.15) is 0 Å². The molecule has 0 bridgehead atoms. The molecule has 0 fully saturated rings. The van der Waals surface area contributed by atoms with Gasteiger partial charge in [0, 0.05) is 12.8 Å². The molecule has 0 saturated heterocycles. The van der Waals surface area contributed by atoms with Crippen LogP contribution in [0.5, 0.6) is 0 Å². The van der Waals surface area contributed by atoms with Crippen LogP contribution >= 0.6 is 0 Å². The number of nitrogens with one attached hydrogen (secondary N) is 1. The minimum absolute atomic E-state index is 0.0206. The van der Waals surface area contributed by atoms with E-state index in [0.717, 1.165) is 44.9 Å². The third kappa shape index (κ3) is 67.5. The molecule has 82 heavy (non-hydrogen) atoms. The third-order valence-corrected chi connectivity index (χ3v) is 17.8. The topological polar surface area (TPSA) is 95.9 Å². The summed E-state index contributed by atoms with van der Waals surface area (Å²) in [5, 5.41) is 23.3. The summed E-state index contributed by atoms with van der Waals surface area (Å²) in [7, 11) is 0. The van der Waals surface area contributed by atoms with Crippen molar-refractivity contribution in [3.05, 3.63) is 24.3 Å². The number of aliphatic hydroxyl groups excluding tert-OH is 2. The van der Waals surface area contributed by atoms with Gasteiger partial charge >= 0.3 is 5.97 Å². The maximum absolute atomic E-state index is 12.5. The minimum atomic E-state index is -0.661. The molecule has 6 heteroatoms. The number of carbonyl (C=O) groups is 2. The molecule has 486 valence electrons. The lowest BCUT2D eigenvalue weighted by molar-refractivity contribution is -0.143. The predicted molar refractivity (Wildman–Crippen MR) is 361 cm³/mol. The molecule has 3 N–H and O–H groups in total. The summed E-state index contributed by atoms with van der Waals surface area (Å²) in [6.45, 7) is 4.99. The van der Waals surface area contributed by atoms with Gasteiger partial charge in [-0.25, -0.2) is 0 Å². The van der Waals surface area contributed by atoms with E-state index in [4.69, 9.17) is 4.74 Å². The smallest absolute Gasteiger partial charge is 0.305 e. The van der Waals surface area contributed by atoms with E-state index in [0.29, 0.717) is 25.9 Å². The van der Waals surface area contributed by atoms with Gasteiger partial charge in [-0.1, -0.05) is 378 Å². The maximum Gasteiger partial charge on any atom is 0.305 e. The summed E-state index contributed by atoms with van der Waals surface area (Å²) in [4.78, 5) is 24.5. The number of amides is 1. The molecule has 0 aliphatic rings. The highest BCUT2D eigenvalue weighted by molar-refractivity contribution is 5.76. The van der Waals surface area contributed by atoms with Gasteiger partial charge < -0.3 is 20.3 Å². The fourth-order valence-electron chi connectivity index (χ4n) is 12.0. The zero-order chi connectivity index (χ0) is 59.2. The molecule has 1 amide bonds. The Balaban J connectivity index is 3.34. The fraction of sp³-hybridized carbons (Fsp3) is 0.921. The number of hydrogen-bond acceptors (Lipinski definition) is 5. The van der Waals surface area contributed by atoms with E-state index in [9.17, 15) is 19.8 Å². The summed E-state index contributed by atoms with van der Waals surface area (Å²) in [5.41, 5.74) is 0. The van der Waals surface area contributed by atoms with E-state index in [1.165, 1.54) is 347 Å². The van der Waals surface area contributed by atoms with E-state index >= 15 is 0 Å². The standard InChI is InChI=1S/C76H147NO5/c1-3-5-7-9-11-13-15-16-42-45-49-52-56-60-64-68-74(79)73(72-78)77-75(80)69-65-61-57-53-50-46-43-40-38-36-34-32-30-28-26-24-22-20-18-17-19-21-23-25-27-29-31-33-35-37-39-41-44-47-51-55-59-63-67-71-82-76(81)70-66-62-58-54-48-14-12-10-8-6-4-2/h17-18,21,23,73-74,78-79H,3-16,19-20,22,24-72H2,1-2H3,(H,77,80)/b18-17-,23-21-. The highest BCUT2D eigenvalue weighted by Crippen LogP contribution is 2.19. The number of carbonyl (C=O) groups excluding carboxylic acids is 2. The number of rotatable bonds is 71. The Labute approximate surface area is 513 Å². The summed E-state index contributed by atoms with van der Waals surface area (Å²) < 4.78 is 5.48. The van der Waals surface area contributed by atoms with Gasteiger partial charge in [-0.15, -0.1) is 0 Å². The highest BCUT2D eigenvalue weighted by Gasteiger charge is 2.20. The quantitative estimate of drug-likeness (QED) is 0.0320. The number of unbranched alkanes of at least 4 members (excludes halogenated alkanes) is 56. The Kier molecular flexibility index (Phi) is 70.4. The number of allylic oxidation sites excluding steroid dienone is 4. The van der Waals surface area contributed by atoms with Crippen molar-refractivity contribution in [2.75, 3.05) is 13.2 Å². The molecule has 0 heterocycles.